The van der Waals surface area contributed by atoms with Crippen LogP contribution in [0.4, 0.5) is 0 Å². The van der Waals surface area contributed by atoms with Crippen LogP contribution in [0.1, 0.15) is 12.0 Å². The van der Waals surface area contributed by atoms with Gasteiger partial charge in [0.15, 0.2) is 9.76 Å². The first kappa shape index (κ1) is 13.2. The number of hydrogen-bond acceptors (Lipinski definition) is 3. The van der Waals surface area contributed by atoms with E-state index in [2.05, 4.69) is 6.55 Å². The number of ether oxygens (including phenoxy) is 1. The summed E-state index contributed by atoms with van der Waals surface area (Å²) in [7, 11) is -0.261. The Hall–Kier alpha value is -0.843. The second-order valence-electron chi connectivity index (χ2n) is 3.54. The highest BCUT2D eigenvalue weighted by Gasteiger charge is 1.98. The topological polar surface area (TPSA) is 38.7 Å². The number of para-hydroxylation sites is 1. The maximum atomic E-state index is 9.51. The molecule has 90 valence electrons. The van der Waals surface area contributed by atoms with Crippen molar-refractivity contribution < 1.29 is 14.3 Å². The van der Waals surface area contributed by atoms with Crippen LogP contribution in [0.15, 0.2) is 24.3 Å². The van der Waals surface area contributed by atoms with Crippen LogP contribution < -0.4 is 0 Å². The Kier molecular flexibility index (Phi) is 6.88. The Balaban J connectivity index is 2.05. The largest absolute Gasteiger partial charge is 0.508 e. The molecule has 0 bridgehead atoms. The first-order chi connectivity index (χ1) is 7.84. The number of hydrogen-bond donors (Lipinski definition) is 1. The molecule has 1 N–H and O–H groups in total. The van der Waals surface area contributed by atoms with Crippen LogP contribution in [-0.2, 0) is 15.6 Å². The van der Waals surface area contributed by atoms with Crippen molar-refractivity contribution in [1.82, 2.24) is 0 Å². The van der Waals surface area contributed by atoms with Gasteiger partial charge in [-0.2, -0.15) is 0 Å². The number of phenols is 1. The highest BCUT2D eigenvalue weighted by atomic mass is 28.2. The second-order valence-corrected chi connectivity index (χ2v) is 4.53. The Morgan fingerprint density at radius 3 is 2.75 bits per heavy atom. The van der Waals surface area contributed by atoms with E-state index in [1.165, 1.54) is 0 Å². The van der Waals surface area contributed by atoms with E-state index in [-0.39, 0.29) is 9.76 Å². The molecule has 0 saturated carbocycles. The standard InChI is InChI=1S/C12H20O3Si/c1-16-15-9-4-8-14-10-7-11-5-2-3-6-12(11)13/h2-3,5-6,13H,4,7-10,16H2,1H3. The first-order valence-corrected chi connectivity index (χ1v) is 7.76. The van der Waals surface area contributed by atoms with Gasteiger partial charge in [-0.05, 0) is 24.5 Å². The molecule has 0 amide bonds. The molecule has 0 saturated heterocycles. The molecule has 3 nitrogen and oxygen atoms in total. The maximum absolute atomic E-state index is 9.51. The predicted octanol–water partition coefficient (Wildman–Crippen LogP) is 1.49. The van der Waals surface area contributed by atoms with Crippen molar-refractivity contribution in [2.45, 2.75) is 19.4 Å². The molecule has 1 aromatic rings. The van der Waals surface area contributed by atoms with Gasteiger partial charge >= 0.3 is 0 Å². The van der Waals surface area contributed by atoms with Crippen LogP contribution in [-0.4, -0.2) is 34.7 Å². The molecule has 1 aromatic carbocycles. The minimum atomic E-state index is -0.261. The van der Waals surface area contributed by atoms with Crippen molar-refractivity contribution in [2.24, 2.45) is 0 Å². The molecule has 0 aliphatic heterocycles. The summed E-state index contributed by atoms with van der Waals surface area (Å²) in [4.78, 5) is 0. The molecular weight excluding hydrogens is 220 g/mol. The number of benzene rings is 1. The van der Waals surface area contributed by atoms with Crippen LogP contribution in [0.2, 0.25) is 6.55 Å². The molecule has 4 heteroatoms. The summed E-state index contributed by atoms with van der Waals surface area (Å²) in [5, 5.41) is 9.51. The van der Waals surface area contributed by atoms with E-state index in [0.29, 0.717) is 12.4 Å². The fourth-order valence-corrected chi connectivity index (χ4v) is 1.91. The van der Waals surface area contributed by atoms with Crippen molar-refractivity contribution in [3.05, 3.63) is 29.8 Å². The lowest BCUT2D eigenvalue weighted by atomic mass is 10.1. The van der Waals surface area contributed by atoms with Gasteiger partial charge in [0, 0.05) is 13.2 Å². The fraction of sp³-hybridized carbons (Fsp3) is 0.500. The second kappa shape index (κ2) is 8.33. The van der Waals surface area contributed by atoms with E-state index in [1.807, 2.05) is 18.2 Å². The zero-order valence-electron chi connectivity index (χ0n) is 9.82. The van der Waals surface area contributed by atoms with Gasteiger partial charge < -0.3 is 14.3 Å². The average Bonchev–Trinajstić information content (AvgIpc) is 2.30. The Morgan fingerprint density at radius 1 is 1.19 bits per heavy atom. The zero-order chi connectivity index (χ0) is 11.6. The summed E-state index contributed by atoms with van der Waals surface area (Å²) in [5.74, 6) is 0.353. The van der Waals surface area contributed by atoms with Crippen LogP contribution in [0.3, 0.4) is 0 Å². The predicted molar refractivity (Wildman–Crippen MR) is 67.6 cm³/mol. The molecule has 0 aliphatic rings. The quantitative estimate of drug-likeness (QED) is 0.553. The molecule has 0 fully saturated rings. The van der Waals surface area contributed by atoms with Gasteiger partial charge in [0.25, 0.3) is 0 Å². The number of rotatable bonds is 8. The van der Waals surface area contributed by atoms with Crippen molar-refractivity contribution >= 4 is 9.76 Å². The van der Waals surface area contributed by atoms with Crippen molar-refractivity contribution in [2.75, 3.05) is 19.8 Å². The lowest BCUT2D eigenvalue weighted by Gasteiger charge is -2.06. The number of phenolic OH excluding ortho intramolecular Hbond substituents is 1. The van der Waals surface area contributed by atoms with Gasteiger partial charge in [0.2, 0.25) is 0 Å². The van der Waals surface area contributed by atoms with Crippen molar-refractivity contribution in [1.29, 1.82) is 0 Å². The molecular formula is C12H20O3Si. The summed E-state index contributed by atoms with van der Waals surface area (Å²) in [5.41, 5.74) is 0.944. The van der Waals surface area contributed by atoms with Crippen molar-refractivity contribution in [3.8, 4) is 5.75 Å². The summed E-state index contributed by atoms with van der Waals surface area (Å²) in [6.07, 6.45) is 1.72. The SMILES string of the molecule is C[SiH2]OCCCOCCc1ccccc1O. The van der Waals surface area contributed by atoms with E-state index in [0.717, 1.165) is 31.6 Å². The fourth-order valence-electron chi connectivity index (χ4n) is 1.41. The summed E-state index contributed by atoms with van der Waals surface area (Å²) < 4.78 is 10.8. The monoisotopic (exact) mass is 240 g/mol. The van der Waals surface area contributed by atoms with E-state index < -0.39 is 0 Å². The highest BCUT2D eigenvalue weighted by molar-refractivity contribution is 6.24. The van der Waals surface area contributed by atoms with E-state index in [4.69, 9.17) is 9.16 Å². The highest BCUT2D eigenvalue weighted by Crippen LogP contribution is 2.15. The minimum absolute atomic E-state index is 0.261. The third-order valence-corrected chi connectivity index (χ3v) is 2.99. The van der Waals surface area contributed by atoms with Gasteiger partial charge in [-0.1, -0.05) is 24.7 Å². The molecule has 0 atom stereocenters. The van der Waals surface area contributed by atoms with Crippen LogP contribution >= 0.6 is 0 Å². The average molecular weight is 240 g/mol. The third kappa shape index (κ3) is 5.30. The third-order valence-electron chi connectivity index (χ3n) is 2.29. The van der Waals surface area contributed by atoms with Crippen molar-refractivity contribution in [3.63, 3.8) is 0 Å². The Morgan fingerprint density at radius 2 is 2.00 bits per heavy atom. The molecule has 0 aliphatic carbocycles. The summed E-state index contributed by atoms with van der Waals surface area (Å²) in [6, 6.07) is 7.37. The number of aromatic hydroxyl groups is 1. The molecule has 0 heterocycles. The summed E-state index contributed by atoms with van der Waals surface area (Å²) in [6.45, 7) is 4.33. The van der Waals surface area contributed by atoms with Gasteiger partial charge in [-0.15, -0.1) is 0 Å². The van der Waals surface area contributed by atoms with E-state index >= 15 is 0 Å². The molecule has 0 radical (unpaired) electrons. The molecule has 0 spiro atoms. The van der Waals surface area contributed by atoms with Gasteiger partial charge in [-0.3, -0.25) is 0 Å². The molecule has 1 rings (SSSR count). The molecule has 16 heavy (non-hydrogen) atoms. The Bertz CT molecular complexity index is 291. The van der Waals surface area contributed by atoms with Gasteiger partial charge in [-0.25, -0.2) is 0 Å². The van der Waals surface area contributed by atoms with E-state index in [1.54, 1.807) is 6.07 Å². The zero-order valence-corrected chi connectivity index (χ0v) is 11.2. The van der Waals surface area contributed by atoms with Gasteiger partial charge in [0.05, 0.1) is 6.61 Å². The van der Waals surface area contributed by atoms with E-state index in [9.17, 15) is 5.11 Å². The molecule has 0 unspecified atom stereocenters. The normalized spacial score (nSPS) is 11.3. The summed E-state index contributed by atoms with van der Waals surface area (Å²) >= 11 is 0. The minimum Gasteiger partial charge on any atom is -0.508 e. The maximum Gasteiger partial charge on any atom is 0.158 e. The van der Waals surface area contributed by atoms with Crippen LogP contribution in [0.5, 0.6) is 5.75 Å². The lowest BCUT2D eigenvalue weighted by molar-refractivity contribution is 0.122. The van der Waals surface area contributed by atoms with Crippen LogP contribution in [0.25, 0.3) is 0 Å². The van der Waals surface area contributed by atoms with Crippen LogP contribution in [0, 0.1) is 0 Å². The lowest BCUT2D eigenvalue weighted by Crippen LogP contribution is -2.04. The smallest absolute Gasteiger partial charge is 0.158 e. The van der Waals surface area contributed by atoms with Gasteiger partial charge in [0.1, 0.15) is 5.75 Å². The molecule has 0 aromatic heterocycles. The first-order valence-electron chi connectivity index (χ1n) is 5.77. The Labute approximate surface area is 99.3 Å².